The zero-order chi connectivity index (χ0) is 16.7. The number of aromatic nitrogens is 1. The lowest BCUT2D eigenvalue weighted by atomic mass is 9.94. The highest BCUT2D eigenvalue weighted by atomic mass is 32.2. The predicted octanol–water partition coefficient (Wildman–Crippen LogP) is 3.03. The minimum absolute atomic E-state index is 0.140. The smallest absolute Gasteiger partial charge is 0.251 e. The van der Waals surface area contributed by atoms with Gasteiger partial charge in [-0.1, -0.05) is 42.5 Å². The van der Waals surface area contributed by atoms with Crippen LogP contribution in [-0.4, -0.2) is 19.1 Å². The molecule has 1 aromatic heterocycles. The lowest BCUT2D eigenvalue weighted by molar-refractivity contribution is 0.599. The zero-order valence-corrected chi connectivity index (χ0v) is 13.2. The van der Waals surface area contributed by atoms with E-state index in [-0.39, 0.29) is 10.6 Å². The number of para-hydroxylation sites is 1. The van der Waals surface area contributed by atoms with Gasteiger partial charge in [-0.3, -0.25) is 4.98 Å². The van der Waals surface area contributed by atoms with Crippen molar-refractivity contribution in [1.82, 2.24) is 4.98 Å². The van der Waals surface area contributed by atoms with Crippen LogP contribution in [0.4, 0.5) is 0 Å². The summed E-state index contributed by atoms with van der Waals surface area (Å²) < 4.78 is 28.3. The van der Waals surface area contributed by atoms with Crippen molar-refractivity contribution in [3.05, 3.63) is 71.9 Å². The third-order valence-corrected chi connectivity index (χ3v) is 5.33. The average molecular weight is 333 g/mol. The molecule has 0 radical (unpaired) electrons. The number of hydrogen-bond acceptors (Lipinski definition) is 4. The van der Waals surface area contributed by atoms with Gasteiger partial charge in [-0.25, -0.2) is 0 Å². The van der Waals surface area contributed by atoms with Crippen molar-refractivity contribution in [2.24, 2.45) is 4.40 Å². The second-order valence-corrected chi connectivity index (χ2v) is 7.01. The van der Waals surface area contributed by atoms with E-state index in [0.717, 1.165) is 10.9 Å². The van der Waals surface area contributed by atoms with E-state index in [4.69, 9.17) is 0 Å². The molecule has 0 fully saturated rings. The van der Waals surface area contributed by atoms with E-state index < -0.39 is 15.9 Å². The molecule has 4 rings (SSSR count). The highest BCUT2D eigenvalue weighted by molar-refractivity contribution is 7.90. The van der Waals surface area contributed by atoms with Gasteiger partial charge in [0.25, 0.3) is 10.0 Å². The Hall–Kier alpha value is -3.04. The van der Waals surface area contributed by atoms with Crippen LogP contribution in [0, 0.1) is 11.3 Å². The Morgan fingerprint density at radius 3 is 2.54 bits per heavy atom. The Balaban J connectivity index is 1.89. The summed E-state index contributed by atoms with van der Waals surface area (Å²) in [6.45, 7) is 0. The fourth-order valence-corrected chi connectivity index (χ4v) is 4.11. The second-order valence-electron chi connectivity index (χ2n) is 5.44. The van der Waals surface area contributed by atoms with Crippen LogP contribution in [0.3, 0.4) is 0 Å². The summed E-state index contributed by atoms with van der Waals surface area (Å²) in [5.41, 5.74) is 1.95. The monoisotopic (exact) mass is 333 g/mol. The van der Waals surface area contributed by atoms with Crippen LogP contribution in [0.1, 0.15) is 17.2 Å². The van der Waals surface area contributed by atoms with Gasteiger partial charge in [-0.05, 0) is 18.2 Å². The van der Waals surface area contributed by atoms with Crippen molar-refractivity contribution in [3.63, 3.8) is 0 Å². The maximum absolute atomic E-state index is 12.2. The maximum atomic E-state index is 12.2. The molecule has 0 amide bonds. The molecule has 3 aromatic rings. The number of pyridine rings is 1. The second kappa shape index (κ2) is 5.25. The number of fused-ring (bicyclic) bond motifs is 2. The summed E-state index contributed by atoms with van der Waals surface area (Å²) in [5, 5.41) is 10.6. The number of hydrogen-bond donors (Lipinski definition) is 0. The van der Waals surface area contributed by atoms with Crippen LogP contribution < -0.4 is 0 Å². The first-order valence-corrected chi connectivity index (χ1v) is 8.74. The van der Waals surface area contributed by atoms with Gasteiger partial charge in [0.15, 0.2) is 0 Å². The van der Waals surface area contributed by atoms with Crippen LogP contribution in [0.2, 0.25) is 0 Å². The minimum atomic E-state index is -3.75. The normalized spacial score (nSPS) is 16.2. The molecule has 0 saturated carbocycles. The molecule has 0 N–H and O–H groups in total. The van der Waals surface area contributed by atoms with Crippen molar-refractivity contribution >= 4 is 26.6 Å². The SMILES string of the molecule is N#CC(C1=NS(=O)(=O)c2ccccc21)c1ccc2ccccc2n1. The van der Waals surface area contributed by atoms with Gasteiger partial charge < -0.3 is 0 Å². The lowest BCUT2D eigenvalue weighted by Crippen LogP contribution is -2.12. The molecular weight excluding hydrogens is 322 g/mol. The molecule has 0 saturated heterocycles. The predicted molar refractivity (Wildman–Crippen MR) is 90.3 cm³/mol. The number of sulfonamides is 1. The van der Waals surface area contributed by atoms with Gasteiger partial charge in [0.05, 0.1) is 27.9 Å². The third kappa shape index (κ3) is 2.18. The molecular formula is C18H11N3O2S. The van der Waals surface area contributed by atoms with E-state index in [2.05, 4.69) is 15.5 Å². The molecule has 6 heteroatoms. The molecule has 1 atom stereocenters. The van der Waals surface area contributed by atoms with Crippen LogP contribution in [0.25, 0.3) is 10.9 Å². The van der Waals surface area contributed by atoms with Crippen molar-refractivity contribution < 1.29 is 8.42 Å². The third-order valence-electron chi connectivity index (χ3n) is 3.98. The largest absolute Gasteiger partial charge is 0.283 e. The molecule has 0 spiro atoms. The van der Waals surface area contributed by atoms with Gasteiger partial charge in [0, 0.05) is 10.9 Å². The molecule has 2 heterocycles. The summed E-state index contributed by atoms with van der Waals surface area (Å²) in [6, 6.07) is 19.9. The summed E-state index contributed by atoms with van der Waals surface area (Å²) in [6.07, 6.45) is 0. The summed E-state index contributed by atoms with van der Waals surface area (Å²) >= 11 is 0. The van der Waals surface area contributed by atoms with Crippen LogP contribution in [0.15, 0.2) is 70.0 Å². The first kappa shape index (κ1) is 14.5. The summed E-state index contributed by atoms with van der Waals surface area (Å²) in [4.78, 5) is 4.65. The van der Waals surface area contributed by atoms with E-state index in [1.165, 1.54) is 6.07 Å². The average Bonchev–Trinajstić information content (AvgIpc) is 2.87. The van der Waals surface area contributed by atoms with E-state index in [1.54, 1.807) is 24.3 Å². The molecule has 24 heavy (non-hydrogen) atoms. The van der Waals surface area contributed by atoms with Crippen LogP contribution in [-0.2, 0) is 10.0 Å². The Morgan fingerprint density at radius 2 is 1.71 bits per heavy atom. The van der Waals surface area contributed by atoms with Gasteiger partial charge in [-0.15, -0.1) is 0 Å². The van der Waals surface area contributed by atoms with Crippen molar-refractivity contribution in [3.8, 4) is 6.07 Å². The molecule has 0 bridgehead atoms. The van der Waals surface area contributed by atoms with Gasteiger partial charge in [0.2, 0.25) is 0 Å². The molecule has 1 aliphatic heterocycles. The van der Waals surface area contributed by atoms with Gasteiger partial charge in [0.1, 0.15) is 5.92 Å². The lowest BCUT2D eigenvalue weighted by Gasteiger charge is -2.10. The van der Waals surface area contributed by atoms with E-state index in [9.17, 15) is 13.7 Å². The number of benzene rings is 2. The molecule has 1 unspecified atom stereocenters. The number of nitriles is 1. The molecule has 1 aliphatic rings. The number of nitrogens with zero attached hydrogens (tertiary/aromatic N) is 3. The maximum Gasteiger partial charge on any atom is 0.283 e. The first-order valence-electron chi connectivity index (χ1n) is 7.30. The fraction of sp³-hybridized carbons (Fsp3) is 0.0556. The first-order chi connectivity index (χ1) is 11.6. The van der Waals surface area contributed by atoms with Crippen LogP contribution in [0.5, 0.6) is 0 Å². The molecule has 116 valence electrons. The van der Waals surface area contributed by atoms with Crippen molar-refractivity contribution in [1.29, 1.82) is 5.26 Å². The van der Waals surface area contributed by atoms with Crippen molar-refractivity contribution in [2.75, 3.05) is 0 Å². The van der Waals surface area contributed by atoms with E-state index in [0.29, 0.717) is 11.3 Å². The topological polar surface area (TPSA) is 83.2 Å². The standard InChI is InChI=1S/C18H11N3O2S/c19-11-14(16-10-9-12-5-1-3-7-15(12)20-16)18-13-6-2-4-8-17(13)24(22,23)21-18/h1-10,14H. The summed E-state index contributed by atoms with van der Waals surface area (Å²) in [7, 11) is -3.75. The zero-order valence-electron chi connectivity index (χ0n) is 12.4. The Labute approximate surface area is 139 Å². The Kier molecular flexibility index (Phi) is 3.18. The highest BCUT2D eigenvalue weighted by Gasteiger charge is 2.34. The highest BCUT2D eigenvalue weighted by Crippen LogP contribution is 2.32. The van der Waals surface area contributed by atoms with Gasteiger partial charge in [-0.2, -0.15) is 18.1 Å². The van der Waals surface area contributed by atoms with Gasteiger partial charge >= 0.3 is 0 Å². The summed E-state index contributed by atoms with van der Waals surface area (Å²) in [5.74, 6) is -0.840. The molecule has 2 aromatic carbocycles. The fourth-order valence-electron chi connectivity index (χ4n) is 2.85. The quantitative estimate of drug-likeness (QED) is 0.721. The van der Waals surface area contributed by atoms with E-state index >= 15 is 0 Å². The van der Waals surface area contributed by atoms with E-state index in [1.807, 2.05) is 30.3 Å². The van der Waals surface area contributed by atoms with Crippen LogP contribution >= 0.6 is 0 Å². The molecule has 5 nitrogen and oxygen atoms in total. The number of rotatable bonds is 2. The Morgan fingerprint density at radius 1 is 0.958 bits per heavy atom. The van der Waals surface area contributed by atoms with Crippen molar-refractivity contribution in [2.45, 2.75) is 10.8 Å². The molecule has 0 aliphatic carbocycles. The minimum Gasteiger partial charge on any atom is -0.251 e. The Bertz CT molecular complexity index is 1140.